The Kier molecular flexibility index (Phi) is 9.26. The molecule has 1 atom stereocenters. The van der Waals surface area contributed by atoms with Gasteiger partial charge in [-0.15, -0.1) is 0 Å². The lowest BCUT2D eigenvalue weighted by atomic mass is 10.1. The molecule has 0 bridgehead atoms. The Labute approximate surface area is 164 Å². The summed E-state index contributed by atoms with van der Waals surface area (Å²) in [5, 5.41) is 25.9. The molecule has 156 valence electrons. The van der Waals surface area contributed by atoms with Gasteiger partial charge in [-0.05, 0) is 24.7 Å². The number of carbonyl (C=O) groups is 2. The molecule has 0 spiro atoms. The smallest absolute Gasteiger partial charge is 0.328 e. The van der Waals surface area contributed by atoms with Crippen molar-refractivity contribution < 1.29 is 33.3 Å². The van der Waals surface area contributed by atoms with Crippen LogP contribution >= 0.6 is 0 Å². The number of nitrogens with zero attached hydrogens (tertiary/aromatic N) is 2. The van der Waals surface area contributed by atoms with Crippen LogP contribution in [0.15, 0.2) is 41.3 Å². The molecule has 3 N–H and O–H groups in total. The van der Waals surface area contributed by atoms with Gasteiger partial charge in [-0.2, -0.15) is 0 Å². The van der Waals surface area contributed by atoms with Crippen LogP contribution in [0, 0.1) is 0 Å². The van der Waals surface area contributed by atoms with Crippen LogP contribution in [0.2, 0.25) is 0 Å². The largest absolute Gasteiger partial charge is 0.478 e. The SMILES string of the molecule is CN1CCN(CC(O)c2ccc(S(C)(=O)=O)cc2)CC1.O=C(O)/C=C\C(=O)O. The van der Waals surface area contributed by atoms with Crippen molar-refractivity contribution in [1.82, 2.24) is 9.80 Å². The lowest BCUT2D eigenvalue weighted by Crippen LogP contribution is -2.45. The lowest BCUT2D eigenvalue weighted by Gasteiger charge is -2.33. The standard InChI is InChI=1S/C14H22N2O3S.C4H4O4/c1-15-7-9-16(10-8-15)11-14(17)12-3-5-13(6-4-12)20(2,18)19;5-3(6)1-2-4(7)8/h3-6,14,17H,7-11H2,1-2H3;1-2H,(H,5,6)(H,7,8)/b;2-1-. The first-order chi connectivity index (χ1) is 13.0. The number of likely N-dealkylation sites (N-methyl/N-ethyl adjacent to an activating group) is 1. The topological polar surface area (TPSA) is 135 Å². The average molecular weight is 414 g/mol. The highest BCUT2D eigenvalue weighted by molar-refractivity contribution is 7.90. The predicted octanol–water partition coefficient (Wildman–Crippen LogP) is 0.0827. The number of hydrogen-bond acceptors (Lipinski definition) is 7. The molecule has 1 heterocycles. The van der Waals surface area contributed by atoms with Gasteiger partial charge in [0.2, 0.25) is 0 Å². The summed E-state index contributed by atoms with van der Waals surface area (Å²) in [6.07, 6.45) is 1.72. The number of aliphatic hydroxyl groups is 1. The molecule has 1 aliphatic rings. The normalized spacial score (nSPS) is 17.0. The predicted molar refractivity (Wildman–Crippen MR) is 103 cm³/mol. The van der Waals surface area contributed by atoms with Gasteiger partial charge in [0.05, 0.1) is 11.0 Å². The van der Waals surface area contributed by atoms with Crippen LogP contribution < -0.4 is 0 Å². The van der Waals surface area contributed by atoms with Crippen molar-refractivity contribution in [2.75, 3.05) is 46.0 Å². The van der Waals surface area contributed by atoms with Crippen molar-refractivity contribution in [3.8, 4) is 0 Å². The second-order valence-corrected chi connectivity index (χ2v) is 8.49. The number of rotatable bonds is 6. The third-order valence-corrected chi connectivity index (χ3v) is 5.22. The van der Waals surface area contributed by atoms with Crippen molar-refractivity contribution in [3.05, 3.63) is 42.0 Å². The zero-order valence-electron chi connectivity index (χ0n) is 15.9. The lowest BCUT2D eigenvalue weighted by molar-refractivity contribution is -0.134. The number of sulfone groups is 1. The number of carboxylic acids is 2. The molecule has 1 unspecified atom stereocenters. The molecule has 9 nitrogen and oxygen atoms in total. The summed E-state index contributed by atoms with van der Waals surface area (Å²) >= 11 is 0. The molecule has 1 aromatic rings. The number of carboxylic acid groups (broad SMARTS) is 2. The summed E-state index contributed by atoms with van der Waals surface area (Å²) < 4.78 is 22.8. The Hall–Kier alpha value is -2.27. The van der Waals surface area contributed by atoms with Crippen molar-refractivity contribution in [3.63, 3.8) is 0 Å². The summed E-state index contributed by atoms with van der Waals surface area (Å²) in [7, 11) is -1.08. The molecule has 28 heavy (non-hydrogen) atoms. The van der Waals surface area contributed by atoms with E-state index in [4.69, 9.17) is 10.2 Å². The molecule has 1 saturated heterocycles. The van der Waals surface area contributed by atoms with Crippen LogP contribution in [0.1, 0.15) is 11.7 Å². The van der Waals surface area contributed by atoms with Crippen molar-refractivity contribution in [2.24, 2.45) is 0 Å². The Morgan fingerprint density at radius 2 is 1.50 bits per heavy atom. The van der Waals surface area contributed by atoms with E-state index in [9.17, 15) is 23.1 Å². The summed E-state index contributed by atoms with van der Waals surface area (Å²) in [5.41, 5.74) is 0.760. The molecule has 0 saturated carbocycles. The quantitative estimate of drug-likeness (QED) is 0.553. The van der Waals surface area contributed by atoms with Crippen molar-refractivity contribution in [2.45, 2.75) is 11.0 Å². The van der Waals surface area contributed by atoms with Gasteiger partial charge in [0.1, 0.15) is 0 Å². The van der Waals surface area contributed by atoms with Gasteiger partial charge < -0.3 is 20.2 Å². The van der Waals surface area contributed by atoms with Gasteiger partial charge in [0.15, 0.2) is 9.84 Å². The first-order valence-electron chi connectivity index (χ1n) is 8.52. The summed E-state index contributed by atoms with van der Waals surface area (Å²) in [6.45, 7) is 4.52. The molecule has 0 aromatic heterocycles. The molecule has 1 aromatic carbocycles. The average Bonchev–Trinajstić information content (AvgIpc) is 2.62. The fourth-order valence-electron chi connectivity index (χ4n) is 2.46. The third kappa shape index (κ3) is 9.09. The van der Waals surface area contributed by atoms with E-state index in [1.807, 2.05) is 0 Å². The molecular formula is C18H26N2O7S. The van der Waals surface area contributed by atoms with Gasteiger partial charge in [0.25, 0.3) is 0 Å². The van der Waals surface area contributed by atoms with Crippen LogP contribution in [0.4, 0.5) is 0 Å². The molecule has 0 radical (unpaired) electrons. The molecule has 0 aliphatic carbocycles. The van der Waals surface area contributed by atoms with E-state index >= 15 is 0 Å². The fraction of sp³-hybridized carbons (Fsp3) is 0.444. The van der Waals surface area contributed by atoms with E-state index < -0.39 is 27.9 Å². The fourth-order valence-corrected chi connectivity index (χ4v) is 3.09. The molecule has 1 aliphatic heterocycles. The molecular weight excluding hydrogens is 388 g/mol. The second kappa shape index (κ2) is 10.9. The number of aliphatic hydroxyl groups excluding tert-OH is 1. The van der Waals surface area contributed by atoms with Gasteiger partial charge >= 0.3 is 11.9 Å². The second-order valence-electron chi connectivity index (χ2n) is 6.47. The first kappa shape index (κ1) is 23.8. The number of hydrogen-bond donors (Lipinski definition) is 3. The van der Waals surface area contributed by atoms with Crippen molar-refractivity contribution >= 4 is 21.8 Å². The Bertz CT molecular complexity index is 767. The summed E-state index contributed by atoms with van der Waals surface area (Å²) in [4.78, 5) is 23.9. The maximum absolute atomic E-state index is 11.4. The van der Waals surface area contributed by atoms with E-state index in [1.165, 1.54) is 6.26 Å². The Morgan fingerprint density at radius 3 is 1.89 bits per heavy atom. The highest BCUT2D eigenvalue weighted by Gasteiger charge is 2.18. The van der Waals surface area contributed by atoms with E-state index in [-0.39, 0.29) is 4.90 Å². The van der Waals surface area contributed by atoms with E-state index in [0.29, 0.717) is 18.7 Å². The number of benzene rings is 1. The molecule has 0 amide bonds. The van der Waals surface area contributed by atoms with Crippen LogP contribution in [0.5, 0.6) is 0 Å². The minimum absolute atomic E-state index is 0.285. The molecule has 1 fully saturated rings. The zero-order valence-corrected chi connectivity index (χ0v) is 16.7. The number of aliphatic carboxylic acids is 2. The number of β-amino-alcohol motifs (C(OH)–C–C–N with tert-alkyl or cyclic N) is 1. The number of piperazine rings is 1. The molecule has 2 rings (SSSR count). The van der Waals surface area contributed by atoms with Gasteiger partial charge in [-0.3, -0.25) is 4.90 Å². The maximum Gasteiger partial charge on any atom is 0.328 e. The van der Waals surface area contributed by atoms with Crippen LogP contribution in [0.25, 0.3) is 0 Å². The minimum atomic E-state index is -3.18. The first-order valence-corrected chi connectivity index (χ1v) is 10.4. The highest BCUT2D eigenvalue weighted by Crippen LogP contribution is 2.18. The Morgan fingerprint density at radius 1 is 1.04 bits per heavy atom. The van der Waals surface area contributed by atoms with Crippen molar-refractivity contribution in [1.29, 1.82) is 0 Å². The van der Waals surface area contributed by atoms with Gasteiger partial charge in [-0.1, -0.05) is 12.1 Å². The van der Waals surface area contributed by atoms with Crippen LogP contribution in [-0.4, -0.2) is 91.5 Å². The maximum atomic E-state index is 11.4. The highest BCUT2D eigenvalue weighted by atomic mass is 32.2. The van der Waals surface area contributed by atoms with Crippen LogP contribution in [-0.2, 0) is 19.4 Å². The molecule has 10 heteroatoms. The summed E-state index contributed by atoms with van der Waals surface area (Å²) in [5.74, 6) is -2.51. The monoisotopic (exact) mass is 414 g/mol. The van der Waals surface area contributed by atoms with E-state index in [0.717, 1.165) is 31.7 Å². The van der Waals surface area contributed by atoms with E-state index in [1.54, 1.807) is 24.3 Å². The summed E-state index contributed by atoms with van der Waals surface area (Å²) in [6, 6.07) is 6.49. The Balaban J connectivity index is 0.000000416. The minimum Gasteiger partial charge on any atom is -0.478 e. The van der Waals surface area contributed by atoms with Gasteiger partial charge in [0, 0.05) is 51.1 Å². The van der Waals surface area contributed by atoms with Gasteiger partial charge in [-0.25, -0.2) is 18.0 Å². The third-order valence-electron chi connectivity index (χ3n) is 4.09. The zero-order chi connectivity index (χ0) is 21.3. The van der Waals surface area contributed by atoms with E-state index in [2.05, 4.69) is 16.8 Å². The van der Waals surface area contributed by atoms with Crippen LogP contribution in [0.3, 0.4) is 0 Å².